The molecular weight excluding hydrogens is 330 g/mol. The minimum absolute atomic E-state index is 0.00521. The molecule has 1 aliphatic heterocycles. The molecule has 2 fully saturated rings. The zero-order chi connectivity index (χ0) is 17.4. The molecule has 2 aromatic rings. The number of carbonyl (C=O) groups is 1. The summed E-state index contributed by atoms with van der Waals surface area (Å²) in [7, 11) is 0. The molecule has 0 spiro atoms. The first kappa shape index (κ1) is 16.0. The number of halogens is 2. The fraction of sp³-hybridized carbons (Fsp3) is 0.471. The van der Waals surface area contributed by atoms with Crippen molar-refractivity contribution >= 4 is 5.91 Å². The Labute approximate surface area is 143 Å². The molecule has 0 unspecified atom stereocenters. The number of alkyl halides is 2. The summed E-state index contributed by atoms with van der Waals surface area (Å²) in [6, 6.07) is 4.28. The Morgan fingerprint density at radius 1 is 1.36 bits per heavy atom. The number of likely N-dealkylation sites (tertiary alicyclic amines) is 1. The first-order chi connectivity index (χ1) is 12.0. The molecule has 8 heteroatoms. The van der Waals surface area contributed by atoms with Crippen LogP contribution in [-0.4, -0.2) is 51.1 Å². The number of pyridine rings is 1. The maximum Gasteiger partial charge on any atom is 0.274 e. The predicted octanol–water partition coefficient (Wildman–Crippen LogP) is 2.61. The minimum atomic E-state index is -2.92. The number of hydrogen-bond acceptors (Lipinski definition) is 4. The van der Waals surface area contributed by atoms with Crippen LogP contribution < -0.4 is 4.74 Å². The van der Waals surface area contributed by atoms with Gasteiger partial charge >= 0.3 is 0 Å². The van der Waals surface area contributed by atoms with E-state index in [9.17, 15) is 13.6 Å². The van der Waals surface area contributed by atoms with E-state index >= 15 is 0 Å². The highest BCUT2D eigenvalue weighted by Gasteiger charge is 2.48. The van der Waals surface area contributed by atoms with Crippen LogP contribution in [0.15, 0.2) is 30.6 Å². The molecule has 1 amide bonds. The number of aromatic amines is 1. The van der Waals surface area contributed by atoms with Crippen LogP contribution in [-0.2, 0) is 0 Å². The summed E-state index contributed by atoms with van der Waals surface area (Å²) in [6.07, 6.45) is 4.85. The lowest BCUT2D eigenvalue weighted by atomic mass is 10.2. The Kier molecular flexibility index (Phi) is 3.89. The number of H-pyrrole nitrogens is 1. The molecule has 25 heavy (non-hydrogen) atoms. The molecule has 4 rings (SSSR count). The van der Waals surface area contributed by atoms with Crippen molar-refractivity contribution in [3.63, 3.8) is 0 Å². The van der Waals surface area contributed by atoms with Crippen molar-refractivity contribution in [2.45, 2.75) is 37.1 Å². The lowest BCUT2D eigenvalue weighted by Gasteiger charge is -2.23. The number of carbonyl (C=O) groups excluding carboxylic acids is 1. The van der Waals surface area contributed by atoms with E-state index in [1.165, 1.54) is 4.90 Å². The Morgan fingerprint density at radius 3 is 2.84 bits per heavy atom. The highest BCUT2D eigenvalue weighted by Crippen LogP contribution is 2.39. The first-order valence-electron chi connectivity index (χ1n) is 8.29. The summed E-state index contributed by atoms with van der Waals surface area (Å²) in [4.78, 5) is 17.7. The number of amides is 1. The van der Waals surface area contributed by atoms with Crippen molar-refractivity contribution in [3.05, 3.63) is 42.0 Å². The van der Waals surface area contributed by atoms with Crippen molar-refractivity contribution in [2.24, 2.45) is 0 Å². The summed E-state index contributed by atoms with van der Waals surface area (Å²) in [5.41, 5.74) is 1.09. The molecule has 2 aromatic heterocycles. The smallest absolute Gasteiger partial charge is 0.274 e. The van der Waals surface area contributed by atoms with Gasteiger partial charge in [-0.2, -0.15) is 5.10 Å². The Balaban J connectivity index is 1.47. The van der Waals surface area contributed by atoms with Crippen LogP contribution >= 0.6 is 0 Å². The monoisotopic (exact) mass is 348 g/mol. The molecule has 1 saturated carbocycles. The van der Waals surface area contributed by atoms with E-state index in [-0.39, 0.29) is 12.3 Å². The van der Waals surface area contributed by atoms with E-state index in [0.29, 0.717) is 11.7 Å². The average Bonchev–Trinajstić information content (AvgIpc) is 3.24. The molecule has 0 bridgehead atoms. The Morgan fingerprint density at radius 2 is 2.12 bits per heavy atom. The van der Waals surface area contributed by atoms with E-state index in [0.717, 1.165) is 18.5 Å². The number of hydrogen-bond donors (Lipinski definition) is 1. The minimum Gasteiger partial charge on any atom is -0.491 e. The Bertz CT molecular complexity index is 761. The SMILES string of the molecule is O=C(c1cc(C2CC2)[nH]n1)N1CC(F)(F)C[C@H]1COc1ccncc1. The quantitative estimate of drug-likeness (QED) is 0.902. The predicted molar refractivity (Wildman–Crippen MR) is 84.7 cm³/mol. The number of aromatic nitrogens is 3. The van der Waals surface area contributed by atoms with E-state index in [1.54, 1.807) is 30.6 Å². The third kappa shape index (κ3) is 3.47. The second-order valence-corrected chi connectivity index (χ2v) is 6.62. The van der Waals surface area contributed by atoms with Crippen LogP contribution in [0.2, 0.25) is 0 Å². The van der Waals surface area contributed by atoms with Crippen LogP contribution in [0, 0.1) is 0 Å². The van der Waals surface area contributed by atoms with E-state index in [1.807, 2.05) is 0 Å². The molecule has 2 aliphatic rings. The van der Waals surface area contributed by atoms with Gasteiger partial charge in [-0.1, -0.05) is 0 Å². The van der Waals surface area contributed by atoms with Crippen LogP contribution in [0.4, 0.5) is 8.78 Å². The molecule has 1 atom stereocenters. The molecular formula is C17H18F2N4O2. The standard InChI is InChI=1S/C17H18F2N4O2/c18-17(19)8-12(9-25-13-3-5-20-6-4-13)23(10-17)16(24)15-7-14(21-22-15)11-1-2-11/h3-7,11-12H,1-2,8-10H2,(H,21,22)/t12-/m0/s1. The van der Waals surface area contributed by atoms with Crippen molar-refractivity contribution in [1.29, 1.82) is 0 Å². The average molecular weight is 348 g/mol. The third-order valence-electron chi connectivity index (χ3n) is 4.56. The normalized spacial score (nSPS) is 22.2. The second-order valence-electron chi connectivity index (χ2n) is 6.62. The lowest BCUT2D eigenvalue weighted by Crippen LogP contribution is -2.39. The van der Waals surface area contributed by atoms with Crippen molar-refractivity contribution in [1.82, 2.24) is 20.1 Å². The van der Waals surface area contributed by atoms with Gasteiger partial charge in [0, 0.05) is 30.4 Å². The van der Waals surface area contributed by atoms with Crippen molar-refractivity contribution in [3.8, 4) is 5.75 Å². The zero-order valence-corrected chi connectivity index (χ0v) is 13.5. The molecule has 0 radical (unpaired) electrons. The summed E-state index contributed by atoms with van der Waals surface area (Å²) in [5, 5.41) is 6.85. The van der Waals surface area contributed by atoms with Crippen LogP contribution in [0.25, 0.3) is 0 Å². The summed E-state index contributed by atoms with van der Waals surface area (Å²) < 4.78 is 33.4. The van der Waals surface area contributed by atoms with Gasteiger partial charge in [-0.15, -0.1) is 0 Å². The molecule has 3 heterocycles. The van der Waals surface area contributed by atoms with Gasteiger partial charge in [-0.25, -0.2) is 8.78 Å². The molecule has 1 N–H and O–H groups in total. The lowest BCUT2D eigenvalue weighted by molar-refractivity contribution is 0.0115. The van der Waals surface area contributed by atoms with E-state index in [4.69, 9.17) is 4.74 Å². The van der Waals surface area contributed by atoms with Gasteiger partial charge < -0.3 is 9.64 Å². The van der Waals surface area contributed by atoms with Gasteiger partial charge in [0.2, 0.25) is 0 Å². The number of nitrogens with one attached hydrogen (secondary N) is 1. The number of ether oxygens (including phenoxy) is 1. The van der Waals surface area contributed by atoms with Crippen LogP contribution in [0.1, 0.15) is 41.4 Å². The largest absolute Gasteiger partial charge is 0.491 e. The third-order valence-corrected chi connectivity index (χ3v) is 4.56. The summed E-state index contributed by atoms with van der Waals surface area (Å²) in [5.74, 6) is -2.45. The number of rotatable bonds is 5. The zero-order valence-electron chi connectivity index (χ0n) is 13.5. The topological polar surface area (TPSA) is 71.1 Å². The fourth-order valence-electron chi connectivity index (χ4n) is 3.11. The molecule has 1 aliphatic carbocycles. The maximum atomic E-state index is 13.9. The van der Waals surface area contributed by atoms with Crippen LogP contribution in [0.5, 0.6) is 5.75 Å². The van der Waals surface area contributed by atoms with Crippen molar-refractivity contribution < 1.29 is 18.3 Å². The first-order valence-corrected chi connectivity index (χ1v) is 8.29. The van der Waals surface area contributed by atoms with Crippen molar-refractivity contribution in [2.75, 3.05) is 13.2 Å². The second kappa shape index (κ2) is 6.09. The molecule has 132 valence electrons. The maximum absolute atomic E-state index is 13.9. The number of nitrogens with zero attached hydrogens (tertiary/aromatic N) is 3. The van der Waals surface area contributed by atoms with Gasteiger partial charge in [-0.3, -0.25) is 14.9 Å². The van der Waals surface area contributed by atoms with Gasteiger partial charge in [0.15, 0.2) is 0 Å². The highest BCUT2D eigenvalue weighted by molar-refractivity contribution is 5.93. The van der Waals surface area contributed by atoms with Gasteiger partial charge in [-0.05, 0) is 31.0 Å². The van der Waals surface area contributed by atoms with E-state index < -0.39 is 30.8 Å². The summed E-state index contributed by atoms with van der Waals surface area (Å²) >= 11 is 0. The van der Waals surface area contributed by atoms with Gasteiger partial charge in [0.1, 0.15) is 18.1 Å². The Hall–Kier alpha value is -2.51. The van der Waals surface area contributed by atoms with E-state index in [2.05, 4.69) is 15.2 Å². The summed E-state index contributed by atoms with van der Waals surface area (Å²) in [6.45, 7) is -0.604. The molecule has 1 saturated heterocycles. The van der Waals surface area contributed by atoms with Crippen LogP contribution in [0.3, 0.4) is 0 Å². The van der Waals surface area contributed by atoms with Gasteiger partial charge in [0.25, 0.3) is 11.8 Å². The fourth-order valence-corrected chi connectivity index (χ4v) is 3.11. The molecule has 6 nitrogen and oxygen atoms in total. The van der Waals surface area contributed by atoms with Gasteiger partial charge in [0.05, 0.1) is 12.6 Å². The highest BCUT2D eigenvalue weighted by atomic mass is 19.3. The molecule has 0 aromatic carbocycles.